The van der Waals surface area contributed by atoms with Crippen molar-refractivity contribution in [2.45, 2.75) is 6.42 Å². The van der Waals surface area contributed by atoms with E-state index in [4.69, 9.17) is 14.2 Å². The Balaban J connectivity index is 1.59. The second-order valence-electron chi connectivity index (χ2n) is 7.27. The zero-order valence-electron chi connectivity index (χ0n) is 18.2. The second kappa shape index (κ2) is 9.01. The van der Waals surface area contributed by atoms with E-state index in [1.54, 1.807) is 54.5 Å². The van der Waals surface area contributed by atoms with Crippen LogP contribution >= 0.6 is 0 Å². The number of benzene rings is 3. The molecule has 7 nitrogen and oxygen atoms in total. The van der Waals surface area contributed by atoms with Crippen molar-refractivity contribution in [3.05, 3.63) is 77.4 Å². The van der Waals surface area contributed by atoms with Gasteiger partial charge < -0.3 is 24.4 Å². The molecular weight excluding hydrogens is 408 g/mol. The van der Waals surface area contributed by atoms with Crippen molar-refractivity contribution in [3.63, 3.8) is 0 Å². The van der Waals surface area contributed by atoms with Gasteiger partial charge in [0.15, 0.2) is 0 Å². The number of amides is 2. The van der Waals surface area contributed by atoms with Crippen molar-refractivity contribution in [2.75, 3.05) is 38.1 Å². The summed E-state index contributed by atoms with van der Waals surface area (Å²) in [6.45, 7) is 0.581. The topological polar surface area (TPSA) is 77.1 Å². The summed E-state index contributed by atoms with van der Waals surface area (Å²) in [5.41, 5.74) is 3.31. The van der Waals surface area contributed by atoms with Gasteiger partial charge >= 0.3 is 0 Å². The maximum atomic E-state index is 13.1. The van der Waals surface area contributed by atoms with Crippen LogP contribution in [0.4, 0.5) is 11.4 Å². The fourth-order valence-corrected chi connectivity index (χ4v) is 3.83. The van der Waals surface area contributed by atoms with Crippen molar-refractivity contribution in [3.8, 4) is 17.2 Å². The average Bonchev–Trinajstić information content (AvgIpc) is 3.26. The molecule has 0 saturated heterocycles. The summed E-state index contributed by atoms with van der Waals surface area (Å²) in [6.07, 6.45) is 0.756. The van der Waals surface area contributed by atoms with Crippen LogP contribution in [-0.2, 0) is 6.42 Å². The number of carbonyl (C=O) groups is 2. The lowest BCUT2D eigenvalue weighted by Gasteiger charge is -2.19. The highest BCUT2D eigenvalue weighted by molar-refractivity contribution is 6.10. The highest BCUT2D eigenvalue weighted by Gasteiger charge is 2.26. The first-order valence-corrected chi connectivity index (χ1v) is 10.2. The smallest absolute Gasteiger partial charge is 0.263 e. The molecule has 7 heteroatoms. The number of anilines is 2. The minimum Gasteiger partial charge on any atom is -0.497 e. The summed E-state index contributed by atoms with van der Waals surface area (Å²) in [5.74, 6) is 1.07. The van der Waals surface area contributed by atoms with Gasteiger partial charge in [0.1, 0.15) is 22.8 Å². The van der Waals surface area contributed by atoms with Crippen molar-refractivity contribution >= 4 is 23.2 Å². The third kappa shape index (κ3) is 3.97. The Kier molecular flexibility index (Phi) is 5.98. The minimum absolute atomic E-state index is 0.0960. The summed E-state index contributed by atoms with van der Waals surface area (Å²) in [6, 6.07) is 17.8. The summed E-state index contributed by atoms with van der Waals surface area (Å²) in [7, 11) is 4.59. The van der Waals surface area contributed by atoms with Crippen LogP contribution in [0.25, 0.3) is 0 Å². The molecule has 0 aromatic heterocycles. The lowest BCUT2D eigenvalue weighted by atomic mass is 10.1. The van der Waals surface area contributed by atoms with Crippen molar-refractivity contribution in [1.29, 1.82) is 0 Å². The van der Waals surface area contributed by atoms with Gasteiger partial charge in [-0.1, -0.05) is 12.1 Å². The second-order valence-corrected chi connectivity index (χ2v) is 7.27. The van der Waals surface area contributed by atoms with Crippen LogP contribution in [0.15, 0.2) is 60.7 Å². The molecule has 0 aliphatic carbocycles. The quantitative estimate of drug-likeness (QED) is 0.633. The molecule has 32 heavy (non-hydrogen) atoms. The fourth-order valence-electron chi connectivity index (χ4n) is 3.83. The zero-order chi connectivity index (χ0) is 22.7. The van der Waals surface area contributed by atoms with Crippen LogP contribution < -0.4 is 24.4 Å². The SMILES string of the molecule is COc1ccc(C(=O)N2CCc3ccc(NC(=O)c4c(OC)cccc4OC)cc32)cc1. The van der Waals surface area contributed by atoms with E-state index >= 15 is 0 Å². The van der Waals surface area contributed by atoms with Gasteiger partial charge in [0.25, 0.3) is 11.8 Å². The molecule has 1 aliphatic rings. The van der Waals surface area contributed by atoms with Crippen LogP contribution in [0.5, 0.6) is 17.2 Å². The van der Waals surface area contributed by atoms with Gasteiger partial charge in [-0.05, 0) is 60.5 Å². The van der Waals surface area contributed by atoms with Crippen molar-refractivity contribution in [2.24, 2.45) is 0 Å². The summed E-state index contributed by atoms with van der Waals surface area (Å²) >= 11 is 0. The lowest BCUT2D eigenvalue weighted by Crippen LogP contribution is -2.28. The van der Waals surface area contributed by atoms with E-state index < -0.39 is 0 Å². The first-order chi connectivity index (χ1) is 15.5. The Labute approximate surface area is 186 Å². The van der Waals surface area contributed by atoms with E-state index in [1.807, 2.05) is 18.2 Å². The molecule has 1 N–H and O–H groups in total. The third-order valence-corrected chi connectivity index (χ3v) is 5.48. The Bertz CT molecular complexity index is 1140. The molecule has 3 aromatic rings. The highest BCUT2D eigenvalue weighted by Crippen LogP contribution is 2.34. The Morgan fingerprint density at radius 2 is 1.56 bits per heavy atom. The first-order valence-electron chi connectivity index (χ1n) is 10.2. The standard InChI is InChI=1S/C25H24N2O5/c1-30-19-11-8-17(9-12-19)25(29)27-14-13-16-7-10-18(15-20(16)27)26-24(28)23-21(31-2)5-4-6-22(23)32-3/h4-12,15H,13-14H2,1-3H3,(H,26,28). The molecular formula is C25H24N2O5. The van der Waals surface area contributed by atoms with Gasteiger partial charge in [-0.15, -0.1) is 0 Å². The number of methoxy groups -OCH3 is 3. The highest BCUT2D eigenvalue weighted by atomic mass is 16.5. The Morgan fingerprint density at radius 3 is 2.19 bits per heavy atom. The molecule has 0 spiro atoms. The molecule has 164 valence electrons. The summed E-state index contributed by atoms with van der Waals surface area (Å²) in [4.78, 5) is 27.8. The van der Waals surface area contributed by atoms with E-state index in [-0.39, 0.29) is 11.8 Å². The molecule has 0 radical (unpaired) electrons. The number of hydrogen-bond acceptors (Lipinski definition) is 5. The molecule has 0 bridgehead atoms. The van der Waals surface area contributed by atoms with Gasteiger partial charge in [0.05, 0.1) is 21.3 Å². The first kappa shape index (κ1) is 21.2. The lowest BCUT2D eigenvalue weighted by molar-refractivity contribution is 0.0987. The number of nitrogens with zero attached hydrogens (tertiary/aromatic N) is 1. The van der Waals surface area contributed by atoms with E-state index in [9.17, 15) is 9.59 Å². The maximum Gasteiger partial charge on any atom is 0.263 e. The van der Waals surface area contributed by atoms with E-state index in [1.165, 1.54) is 14.2 Å². The van der Waals surface area contributed by atoms with E-state index in [0.29, 0.717) is 40.6 Å². The maximum absolute atomic E-state index is 13.1. The van der Waals surface area contributed by atoms with Crippen LogP contribution in [-0.4, -0.2) is 39.7 Å². The number of hydrogen-bond donors (Lipinski definition) is 1. The molecule has 1 aliphatic heterocycles. The van der Waals surface area contributed by atoms with Crippen LogP contribution in [0.1, 0.15) is 26.3 Å². The number of carbonyl (C=O) groups excluding carboxylic acids is 2. The van der Waals surface area contributed by atoms with Gasteiger partial charge in [-0.3, -0.25) is 9.59 Å². The van der Waals surface area contributed by atoms with Crippen molar-refractivity contribution in [1.82, 2.24) is 0 Å². The molecule has 1 heterocycles. The predicted octanol–water partition coefficient (Wildman–Crippen LogP) is 4.17. The minimum atomic E-state index is -0.356. The molecule has 3 aromatic carbocycles. The van der Waals surface area contributed by atoms with Crippen LogP contribution in [0, 0.1) is 0 Å². The Morgan fingerprint density at radius 1 is 0.875 bits per heavy atom. The third-order valence-electron chi connectivity index (χ3n) is 5.48. The molecule has 0 unspecified atom stereocenters. The largest absolute Gasteiger partial charge is 0.497 e. The monoisotopic (exact) mass is 432 g/mol. The molecule has 0 fully saturated rings. The van der Waals surface area contributed by atoms with Crippen molar-refractivity contribution < 1.29 is 23.8 Å². The molecule has 4 rings (SSSR count). The summed E-state index contributed by atoms with van der Waals surface area (Å²) in [5, 5.41) is 2.90. The van der Waals surface area contributed by atoms with Gasteiger partial charge in [-0.25, -0.2) is 0 Å². The molecule has 0 saturated carbocycles. The van der Waals surface area contributed by atoms with E-state index in [2.05, 4.69) is 5.32 Å². The average molecular weight is 432 g/mol. The van der Waals surface area contributed by atoms with Gasteiger partial charge in [0, 0.05) is 23.5 Å². The van der Waals surface area contributed by atoms with Crippen LogP contribution in [0.2, 0.25) is 0 Å². The summed E-state index contributed by atoms with van der Waals surface area (Å²) < 4.78 is 15.8. The fraction of sp³-hybridized carbons (Fsp3) is 0.200. The van der Waals surface area contributed by atoms with Crippen LogP contribution in [0.3, 0.4) is 0 Å². The number of ether oxygens (including phenoxy) is 3. The number of nitrogens with one attached hydrogen (secondary N) is 1. The number of fused-ring (bicyclic) bond motifs is 1. The Hall–Kier alpha value is -4.00. The molecule has 2 amide bonds. The van der Waals surface area contributed by atoms with Gasteiger partial charge in [-0.2, -0.15) is 0 Å². The molecule has 0 atom stereocenters. The van der Waals surface area contributed by atoms with Gasteiger partial charge in [0.2, 0.25) is 0 Å². The predicted molar refractivity (Wildman–Crippen MR) is 122 cm³/mol. The number of rotatable bonds is 6. The van der Waals surface area contributed by atoms with E-state index in [0.717, 1.165) is 17.7 Å². The normalized spacial score (nSPS) is 12.2. The zero-order valence-corrected chi connectivity index (χ0v) is 18.2.